The van der Waals surface area contributed by atoms with Crippen molar-refractivity contribution in [3.8, 4) is 0 Å². The molecule has 10 heavy (non-hydrogen) atoms. The topological polar surface area (TPSA) is 41.1 Å². The van der Waals surface area contributed by atoms with E-state index in [2.05, 4.69) is 10.6 Å². The molecule has 0 aliphatic carbocycles. The summed E-state index contributed by atoms with van der Waals surface area (Å²) < 4.78 is 0. The van der Waals surface area contributed by atoms with E-state index < -0.39 is 0 Å². The maximum absolute atomic E-state index is 10.9. The second-order valence-electron chi connectivity index (χ2n) is 3.13. The van der Waals surface area contributed by atoms with Crippen LogP contribution in [0.4, 0.5) is 0 Å². The van der Waals surface area contributed by atoms with Crippen LogP contribution >= 0.6 is 0 Å². The molecule has 2 heterocycles. The Bertz CT molecular complexity index is 142. The molecule has 0 bridgehead atoms. The number of hydrogen-bond acceptors (Lipinski definition) is 2. The number of amides is 1. The summed E-state index contributed by atoms with van der Waals surface area (Å²) in [5, 5.41) is 6.26. The molecule has 2 saturated heterocycles. The Balaban J connectivity index is 2.04. The molecular formula is C7H12N2O. The van der Waals surface area contributed by atoms with Crippen molar-refractivity contribution in [2.75, 3.05) is 13.1 Å². The molecule has 0 spiro atoms. The van der Waals surface area contributed by atoms with Crippen LogP contribution in [0, 0.1) is 5.92 Å². The highest BCUT2D eigenvalue weighted by atomic mass is 16.2. The van der Waals surface area contributed by atoms with Gasteiger partial charge in [-0.2, -0.15) is 0 Å². The molecule has 0 saturated carbocycles. The van der Waals surface area contributed by atoms with E-state index in [-0.39, 0.29) is 5.91 Å². The molecule has 1 amide bonds. The van der Waals surface area contributed by atoms with Crippen molar-refractivity contribution in [3.63, 3.8) is 0 Å². The zero-order valence-corrected chi connectivity index (χ0v) is 5.89. The normalized spacial score (nSPS) is 39.0. The Morgan fingerprint density at radius 1 is 1.50 bits per heavy atom. The van der Waals surface area contributed by atoms with Crippen LogP contribution in [0.2, 0.25) is 0 Å². The maximum atomic E-state index is 10.9. The minimum absolute atomic E-state index is 0.235. The number of fused-ring (bicyclic) bond motifs is 1. The van der Waals surface area contributed by atoms with Gasteiger partial charge in [0.25, 0.3) is 0 Å². The van der Waals surface area contributed by atoms with Crippen molar-refractivity contribution >= 4 is 5.91 Å². The number of hydrogen-bond donors (Lipinski definition) is 2. The Labute approximate surface area is 60.2 Å². The van der Waals surface area contributed by atoms with Crippen LogP contribution in [0.1, 0.15) is 12.8 Å². The Hall–Kier alpha value is -0.570. The van der Waals surface area contributed by atoms with Crippen LogP contribution in [-0.2, 0) is 4.79 Å². The van der Waals surface area contributed by atoms with Gasteiger partial charge < -0.3 is 10.6 Å². The lowest BCUT2D eigenvalue weighted by Crippen LogP contribution is -2.41. The fraction of sp³-hybridized carbons (Fsp3) is 0.857. The molecule has 2 fully saturated rings. The molecule has 2 N–H and O–H groups in total. The van der Waals surface area contributed by atoms with Crippen LogP contribution in [-0.4, -0.2) is 25.0 Å². The van der Waals surface area contributed by atoms with Gasteiger partial charge in [-0.15, -0.1) is 0 Å². The van der Waals surface area contributed by atoms with Gasteiger partial charge in [0.05, 0.1) is 0 Å². The smallest absolute Gasteiger partial charge is 0.220 e. The monoisotopic (exact) mass is 140 g/mol. The molecule has 0 aromatic heterocycles. The second kappa shape index (κ2) is 2.23. The first-order chi connectivity index (χ1) is 4.86. The molecule has 0 unspecified atom stereocenters. The number of carbonyl (C=O) groups excluding carboxylic acids is 1. The van der Waals surface area contributed by atoms with Gasteiger partial charge >= 0.3 is 0 Å². The standard InChI is InChI=1S/C7H12N2O/c10-7-3-5-4-8-2-1-6(5)9-7/h5-6,8H,1-4H2,(H,9,10)/t5-,6+/m1/s1. The number of piperidine rings is 1. The van der Waals surface area contributed by atoms with Gasteiger partial charge in [0.15, 0.2) is 0 Å². The number of carbonyl (C=O) groups is 1. The van der Waals surface area contributed by atoms with Gasteiger partial charge in [0, 0.05) is 24.9 Å². The van der Waals surface area contributed by atoms with Crippen molar-refractivity contribution in [1.29, 1.82) is 0 Å². The molecule has 0 radical (unpaired) electrons. The summed E-state index contributed by atoms with van der Waals surface area (Å²) >= 11 is 0. The second-order valence-corrected chi connectivity index (χ2v) is 3.13. The minimum Gasteiger partial charge on any atom is -0.353 e. The Morgan fingerprint density at radius 3 is 3.20 bits per heavy atom. The van der Waals surface area contributed by atoms with Crippen molar-refractivity contribution < 1.29 is 4.79 Å². The summed E-state index contributed by atoms with van der Waals surface area (Å²) in [5.41, 5.74) is 0. The average molecular weight is 140 g/mol. The first-order valence-corrected chi connectivity index (χ1v) is 3.86. The zero-order valence-electron chi connectivity index (χ0n) is 5.89. The van der Waals surface area contributed by atoms with Crippen LogP contribution in [0.25, 0.3) is 0 Å². The third kappa shape index (κ3) is 0.904. The SMILES string of the molecule is O=C1C[C@@H]2CNCC[C@@H]2N1. The molecule has 2 aliphatic heterocycles. The zero-order chi connectivity index (χ0) is 6.97. The minimum atomic E-state index is 0.235. The quantitative estimate of drug-likeness (QED) is 0.475. The van der Waals surface area contributed by atoms with Crippen molar-refractivity contribution in [3.05, 3.63) is 0 Å². The van der Waals surface area contributed by atoms with E-state index in [1.54, 1.807) is 0 Å². The first-order valence-electron chi connectivity index (χ1n) is 3.86. The van der Waals surface area contributed by atoms with Crippen molar-refractivity contribution in [2.45, 2.75) is 18.9 Å². The summed E-state index contributed by atoms with van der Waals surface area (Å²) in [5.74, 6) is 0.806. The highest BCUT2D eigenvalue weighted by Gasteiger charge is 2.33. The fourth-order valence-corrected chi connectivity index (χ4v) is 1.83. The van der Waals surface area contributed by atoms with Gasteiger partial charge in [-0.25, -0.2) is 0 Å². The number of nitrogens with one attached hydrogen (secondary N) is 2. The van der Waals surface area contributed by atoms with Crippen molar-refractivity contribution in [2.24, 2.45) is 5.92 Å². The van der Waals surface area contributed by atoms with Crippen LogP contribution in [0.5, 0.6) is 0 Å². The lowest BCUT2D eigenvalue weighted by atomic mass is 9.95. The summed E-state index contributed by atoms with van der Waals surface area (Å²) in [6, 6.07) is 0.480. The van der Waals surface area contributed by atoms with E-state index in [1.165, 1.54) is 0 Å². The maximum Gasteiger partial charge on any atom is 0.220 e. The highest BCUT2D eigenvalue weighted by Crippen LogP contribution is 2.20. The molecule has 3 heteroatoms. The Morgan fingerprint density at radius 2 is 2.40 bits per heavy atom. The average Bonchev–Trinajstić information content (AvgIpc) is 2.27. The molecule has 3 nitrogen and oxygen atoms in total. The highest BCUT2D eigenvalue weighted by molar-refractivity contribution is 5.79. The molecule has 56 valence electrons. The molecule has 0 aromatic rings. The molecule has 0 aromatic carbocycles. The summed E-state index contributed by atoms with van der Waals surface area (Å²) in [6.45, 7) is 2.07. The summed E-state index contributed by atoms with van der Waals surface area (Å²) in [7, 11) is 0. The van der Waals surface area contributed by atoms with E-state index in [4.69, 9.17) is 0 Å². The summed E-state index contributed by atoms with van der Waals surface area (Å²) in [6.07, 6.45) is 1.84. The van der Waals surface area contributed by atoms with E-state index in [9.17, 15) is 4.79 Å². The summed E-state index contributed by atoms with van der Waals surface area (Å²) in [4.78, 5) is 10.9. The Kier molecular flexibility index (Phi) is 1.38. The largest absolute Gasteiger partial charge is 0.353 e. The van der Waals surface area contributed by atoms with Crippen LogP contribution in [0.3, 0.4) is 0 Å². The third-order valence-corrected chi connectivity index (χ3v) is 2.40. The van der Waals surface area contributed by atoms with Gasteiger partial charge in [0.2, 0.25) is 5.91 Å². The predicted molar refractivity (Wildman–Crippen MR) is 37.5 cm³/mol. The molecular weight excluding hydrogens is 128 g/mol. The molecule has 2 rings (SSSR count). The van der Waals surface area contributed by atoms with Gasteiger partial charge in [-0.3, -0.25) is 4.79 Å². The first kappa shape index (κ1) is 6.16. The van der Waals surface area contributed by atoms with Gasteiger partial charge in [-0.1, -0.05) is 0 Å². The third-order valence-electron chi connectivity index (χ3n) is 2.40. The number of rotatable bonds is 0. The fourth-order valence-electron chi connectivity index (χ4n) is 1.83. The van der Waals surface area contributed by atoms with E-state index >= 15 is 0 Å². The van der Waals surface area contributed by atoms with E-state index in [1.807, 2.05) is 0 Å². The van der Waals surface area contributed by atoms with Gasteiger partial charge in [0.1, 0.15) is 0 Å². The lowest BCUT2D eigenvalue weighted by Gasteiger charge is -2.24. The predicted octanol–water partition coefficient (Wildman–Crippen LogP) is -0.516. The van der Waals surface area contributed by atoms with Crippen LogP contribution in [0.15, 0.2) is 0 Å². The lowest BCUT2D eigenvalue weighted by molar-refractivity contribution is -0.119. The van der Waals surface area contributed by atoms with E-state index in [0.29, 0.717) is 12.0 Å². The van der Waals surface area contributed by atoms with E-state index in [0.717, 1.165) is 25.9 Å². The molecule has 2 aliphatic rings. The molecule has 2 atom stereocenters. The van der Waals surface area contributed by atoms with Crippen molar-refractivity contribution in [1.82, 2.24) is 10.6 Å². The van der Waals surface area contributed by atoms with Crippen LogP contribution < -0.4 is 10.6 Å². The van der Waals surface area contributed by atoms with Gasteiger partial charge in [-0.05, 0) is 13.0 Å².